The van der Waals surface area contributed by atoms with Crippen molar-refractivity contribution in [1.82, 2.24) is 15.2 Å². The summed E-state index contributed by atoms with van der Waals surface area (Å²) in [7, 11) is -3.17. The number of nitrogens with one attached hydrogen (secondary N) is 1. The summed E-state index contributed by atoms with van der Waals surface area (Å²) in [5.74, 6) is 1.06. The van der Waals surface area contributed by atoms with Crippen LogP contribution in [0.1, 0.15) is 31.4 Å². The highest BCUT2D eigenvalue weighted by Crippen LogP contribution is 2.15. The number of sulfone groups is 1. The van der Waals surface area contributed by atoms with Crippen molar-refractivity contribution in [3.63, 3.8) is 0 Å². The largest absolute Gasteiger partial charge is 0.377 e. The SMILES string of the molecule is CCc1n[nH]c(CS(=O)(=O)CC2CCCO2)n1. The predicted octanol–water partition coefficient (Wildman–Crippen LogP) is 0.461. The van der Waals surface area contributed by atoms with Crippen LogP contribution in [0.3, 0.4) is 0 Å². The summed E-state index contributed by atoms with van der Waals surface area (Å²) in [4.78, 5) is 4.10. The minimum atomic E-state index is -3.17. The van der Waals surface area contributed by atoms with Crippen LogP contribution in [0, 0.1) is 0 Å². The molecule has 1 aliphatic rings. The third-order valence-corrected chi connectivity index (χ3v) is 4.31. The minimum Gasteiger partial charge on any atom is -0.377 e. The van der Waals surface area contributed by atoms with Crippen LogP contribution in [0.4, 0.5) is 0 Å². The average molecular weight is 259 g/mol. The van der Waals surface area contributed by atoms with Gasteiger partial charge in [-0.2, -0.15) is 5.10 Å². The van der Waals surface area contributed by atoms with Gasteiger partial charge in [0.25, 0.3) is 0 Å². The molecule has 1 unspecified atom stereocenters. The molecule has 96 valence electrons. The third-order valence-electron chi connectivity index (χ3n) is 2.71. The molecule has 1 aliphatic heterocycles. The maximum absolute atomic E-state index is 11.9. The molecule has 0 radical (unpaired) electrons. The van der Waals surface area contributed by atoms with E-state index in [0.29, 0.717) is 24.7 Å². The maximum Gasteiger partial charge on any atom is 0.160 e. The summed E-state index contributed by atoms with van der Waals surface area (Å²) in [5.41, 5.74) is 0. The Labute approximate surface area is 101 Å². The zero-order chi connectivity index (χ0) is 12.3. The zero-order valence-corrected chi connectivity index (χ0v) is 10.7. The molecule has 17 heavy (non-hydrogen) atoms. The molecule has 1 saturated heterocycles. The molecule has 2 heterocycles. The van der Waals surface area contributed by atoms with Crippen molar-refractivity contribution in [3.8, 4) is 0 Å². The van der Waals surface area contributed by atoms with Crippen LogP contribution in [0.25, 0.3) is 0 Å². The predicted molar refractivity (Wildman–Crippen MR) is 62.2 cm³/mol. The molecule has 1 N–H and O–H groups in total. The maximum atomic E-state index is 11.9. The van der Waals surface area contributed by atoms with Gasteiger partial charge in [-0.25, -0.2) is 13.4 Å². The van der Waals surface area contributed by atoms with Gasteiger partial charge in [0.05, 0.1) is 11.9 Å². The van der Waals surface area contributed by atoms with Gasteiger partial charge < -0.3 is 4.74 Å². The first-order chi connectivity index (χ1) is 8.09. The molecule has 0 saturated carbocycles. The Morgan fingerprint density at radius 3 is 2.94 bits per heavy atom. The van der Waals surface area contributed by atoms with E-state index in [0.717, 1.165) is 12.8 Å². The van der Waals surface area contributed by atoms with E-state index in [1.807, 2.05) is 6.92 Å². The summed E-state index contributed by atoms with van der Waals surface area (Å²) < 4.78 is 29.1. The Morgan fingerprint density at radius 2 is 2.35 bits per heavy atom. The normalized spacial score (nSPS) is 20.9. The second kappa shape index (κ2) is 5.14. The quantitative estimate of drug-likeness (QED) is 0.830. The number of hydrogen-bond donors (Lipinski definition) is 1. The number of aryl methyl sites for hydroxylation is 1. The second-order valence-electron chi connectivity index (χ2n) is 4.24. The molecule has 0 aromatic carbocycles. The minimum absolute atomic E-state index is 0.0785. The van der Waals surface area contributed by atoms with Gasteiger partial charge in [-0.05, 0) is 12.8 Å². The van der Waals surface area contributed by atoms with Crippen molar-refractivity contribution in [2.75, 3.05) is 12.4 Å². The molecule has 1 fully saturated rings. The van der Waals surface area contributed by atoms with Gasteiger partial charge >= 0.3 is 0 Å². The molecular formula is C10H17N3O3S. The van der Waals surface area contributed by atoms with Crippen LogP contribution >= 0.6 is 0 Å². The monoisotopic (exact) mass is 259 g/mol. The molecule has 2 rings (SSSR count). The zero-order valence-electron chi connectivity index (χ0n) is 9.85. The van der Waals surface area contributed by atoms with E-state index < -0.39 is 9.84 Å². The molecule has 0 spiro atoms. The van der Waals surface area contributed by atoms with Crippen molar-refractivity contribution < 1.29 is 13.2 Å². The summed E-state index contributed by atoms with van der Waals surface area (Å²) in [5, 5.41) is 6.58. The molecule has 0 bridgehead atoms. The van der Waals surface area contributed by atoms with E-state index in [9.17, 15) is 8.42 Å². The number of hydrogen-bond acceptors (Lipinski definition) is 5. The van der Waals surface area contributed by atoms with Crippen molar-refractivity contribution >= 4 is 9.84 Å². The summed E-state index contributed by atoms with van der Waals surface area (Å²) in [6, 6.07) is 0. The van der Waals surface area contributed by atoms with Crippen molar-refractivity contribution in [1.29, 1.82) is 0 Å². The summed E-state index contributed by atoms with van der Waals surface area (Å²) in [6.45, 7) is 2.59. The summed E-state index contributed by atoms with van der Waals surface area (Å²) in [6.07, 6.45) is 2.33. The van der Waals surface area contributed by atoms with E-state index >= 15 is 0 Å². The van der Waals surface area contributed by atoms with Crippen LogP contribution in [0.2, 0.25) is 0 Å². The number of rotatable bonds is 5. The van der Waals surface area contributed by atoms with E-state index in [-0.39, 0.29) is 17.6 Å². The van der Waals surface area contributed by atoms with Crippen molar-refractivity contribution in [2.45, 2.75) is 38.0 Å². The van der Waals surface area contributed by atoms with Crippen molar-refractivity contribution in [3.05, 3.63) is 11.6 Å². The van der Waals surface area contributed by atoms with Crippen LogP contribution < -0.4 is 0 Å². The Bertz CT molecular complexity index is 463. The van der Waals surface area contributed by atoms with Gasteiger partial charge in [0.15, 0.2) is 9.84 Å². The molecule has 1 aromatic heterocycles. The highest BCUT2D eigenvalue weighted by molar-refractivity contribution is 7.90. The lowest BCUT2D eigenvalue weighted by atomic mass is 10.3. The average Bonchev–Trinajstić information content (AvgIpc) is 2.88. The topological polar surface area (TPSA) is 84.9 Å². The standard InChI is InChI=1S/C10H17N3O3S/c1-2-9-11-10(13-12-9)7-17(14,15)6-8-4-3-5-16-8/h8H,2-7H2,1H3,(H,11,12,13). The number of aromatic amines is 1. The van der Waals surface area contributed by atoms with Gasteiger partial charge in [0.1, 0.15) is 17.4 Å². The lowest BCUT2D eigenvalue weighted by Gasteiger charge is -2.08. The van der Waals surface area contributed by atoms with E-state index in [1.165, 1.54) is 0 Å². The molecule has 6 nitrogen and oxygen atoms in total. The molecule has 1 aromatic rings. The molecule has 0 aliphatic carbocycles. The second-order valence-corrected chi connectivity index (χ2v) is 6.35. The number of ether oxygens (including phenoxy) is 1. The fourth-order valence-corrected chi connectivity index (χ4v) is 3.38. The van der Waals surface area contributed by atoms with Gasteiger partial charge in [0.2, 0.25) is 0 Å². The Morgan fingerprint density at radius 1 is 1.53 bits per heavy atom. The number of aromatic nitrogens is 3. The Kier molecular flexibility index (Phi) is 3.78. The van der Waals surface area contributed by atoms with Crippen LogP contribution in [0.15, 0.2) is 0 Å². The van der Waals surface area contributed by atoms with Crippen LogP contribution in [-0.4, -0.2) is 42.1 Å². The lowest BCUT2D eigenvalue weighted by Crippen LogP contribution is -2.21. The first kappa shape index (κ1) is 12.5. The fourth-order valence-electron chi connectivity index (χ4n) is 1.88. The van der Waals surface area contributed by atoms with Gasteiger partial charge in [-0.1, -0.05) is 6.92 Å². The Hall–Kier alpha value is -0.950. The smallest absolute Gasteiger partial charge is 0.160 e. The van der Waals surface area contributed by atoms with Gasteiger partial charge in [-0.3, -0.25) is 5.10 Å². The van der Waals surface area contributed by atoms with E-state index in [4.69, 9.17) is 4.74 Å². The van der Waals surface area contributed by atoms with E-state index in [2.05, 4.69) is 15.2 Å². The first-order valence-corrected chi connectivity index (χ1v) is 7.63. The highest BCUT2D eigenvalue weighted by atomic mass is 32.2. The summed E-state index contributed by atoms with van der Waals surface area (Å²) >= 11 is 0. The fraction of sp³-hybridized carbons (Fsp3) is 0.800. The molecule has 0 amide bonds. The van der Waals surface area contributed by atoms with Crippen LogP contribution in [-0.2, 0) is 26.7 Å². The molecule has 7 heteroatoms. The molecule has 1 atom stereocenters. The van der Waals surface area contributed by atoms with Gasteiger partial charge in [-0.15, -0.1) is 0 Å². The highest BCUT2D eigenvalue weighted by Gasteiger charge is 2.24. The number of H-pyrrole nitrogens is 1. The molecular weight excluding hydrogens is 242 g/mol. The lowest BCUT2D eigenvalue weighted by molar-refractivity contribution is 0.127. The first-order valence-electron chi connectivity index (χ1n) is 5.81. The van der Waals surface area contributed by atoms with Gasteiger partial charge in [0, 0.05) is 13.0 Å². The Balaban J connectivity index is 1.96. The van der Waals surface area contributed by atoms with Crippen molar-refractivity contribution in [2.24, 2.45) is 0 Å². The van der Waals surface area contributed by atoms with E-state index in [1.54, 1.807) is 0 Å². The van der Waals surface area contributed by atoms with Crippen LogP contribution in [0.5, 0.6) is 0 Å². The third kappa shape index (κ3) is 3.50. The number of nitrogens with zero attached hydrogens (tertiary/aromatic N) is 2.